The van der Waals surface area contributed by atoms with Crippen molar-refractivity contribution in [1.29, 1.82) is 0 Å². The fourth-order valence-electron chi connectivity index (χ4n) is 3.68. The minimum Gasteiger partial charge on any atom is -0.491 e. The van der Waals surface area contributed by atoms with Crippen LogP contribution in [0.4, 0.5) is 4.79 Å². The van der Waals surface area contributed by atoms with Gasteiger partial charge in [0.1, 0.15) is 24.5 Å². The highest BCUT2D eigenvalue weighted by Gasteiger charge is 2.46. The molecular formula is C20H28N2O4. The summed E-state index contributed by atoms with van der Waals surface area (Å²) >= 11 is 0. The fourth-order valence-corrected chi connectivity index (χ4v) is 3.68. The first kappa shape index (κ1) is 18.7. The van der Waals surface area contributed by atoms with E-state index < -0.39 is 6.10 Å². The van der Waals surface area contributed by atoms with E-state index in [9.17, 15) is 14.7 Å². The molecule has 142 valence electrons. The second-order valence-corrected chi connectivity index (χ2v) is 8.15. The monoisotopic (exact) mass is 360 g/mol. The second kappa shape index (κ2) is 7.27. The number of fused-ring (bicyclic) bond motifs is 1. The average molecular weight is 360 g/mol. The molecule has 6 nitrogen and oxygen atoms in total. The van der Waals surface area contributed by atoms with E-state index in [1.54, 1.807) is 4.90 Å². The normalized spacial score (nSPS) is 21.8. The zero-order valence-electron chi connectivity index (χ0n) is 15.8. The number of nitrogens with zero attached hydrogens (tertiary/aromatic N) is 2. The van der Waals surface area contributed by atoms with E-state index in [0.29, 0.717) is 13.0 Å². The van der Waals surface area contributed by atoms with E-state index >= 15 is 0 Å². The highest BCUT2D eigenvalue weighted by Crippen LogP contribution is 2.31. The molecule has 2 saturated heterocycles. The van der Waals surface area contributed by atoms with Gasteiger partial charge in [-0.2, -0.15) is 0 Å². The molecule has 6 heteroatoms. The van der Waals surface area contributed by atoms with Crippen LogP contribution in [0, 0.1) is 0 Å². The summed E-state index contributed by atoms with van der Waals surface area (Å²) in [5.41, 5.74) is 0.975. The highest BCUT2D eigenvalue weighted by atomic mass is 16.5. The summed E-state index contributed by atoms with van der Waals surface area (Å²) in [6, 6.07) is 7.11. The molecule has 3 amide bonds. The molecule has 0 aliphatic carbocycles. The summed E-state index contributed by atoms with van der Waals surface area (Å²) in [5.74, 6) is 0.527. The van der Waals surface area contributed by atoms with Crippen LogP contribution in [0.25, 0.3) is 0 Å². The molecule has 0 aromatic heterocycles. The number of ether oxygens (including phenoxy) is 1. The van der Waals surface area contributed by atoms with E-state index in [-0.39, 0.29) is 36.5 Å². The van der Waals surface area contributed by atoms with Crippen molar-refractivity contribution in [3.05, 3.63) is 29.8 Å². The van der Waals surface area contributed by atoms with E-state index in [0.717, 1.165) is 24.2 Å². The van der Waals surface area contributed by atoms with Gasteiger partial charge in [0.2, 0.25) is 0 Å². The predicted octanol–water partition coefficient (Wildman–Crippen LogP) is 2.54. The summed E-state index contributed by atoms with van der Waals surface area (Å²) in [7, 11) is 0. The molecule has 1 N–H and O–H groups in total. The van der Waals surface area contributed by atoms with Gasteiger partial charge < -0.3 is 14.7 Å². The molecule has 0 radical (unpaired) electrons. The summed E-state index contributed by atoms with van der Waals surface area (Å²) in [6.07, 6.45) is 1.69. The standard InChI is InChI=1S/C20H28N2O4/c1-20(2,3)15-8-4-5-10-17(15)26-13-14(23)12-22-18(24)16-9-6-7-11-21(16)19(22)25/h4-5,8,10,14,16,23H,6-7,9,11-13H2,1-3H3. The molecule has 0 saturated carbocycles. The topological polar surface area (TPSA) is 70.1 Å². The number of imide groups is 1. The molecule has 2 aliphatic rings. The second-order valence-electron chi connectivity index (χ2n) is 8.15. The number of carbonyl (C=O) groups is 2. The number of rotatable bonds is 5. The van der Waals surface area contributed by atoms with Crippen molar-refractivity contribution in [2.45, 2.75) is 57.6 Å². The molecule has 2 atom stereocenters. The lowest BCUT2D eigenvalue weighted by Crippen LogP contribution is -2.40. The van der Waals surface area contributed by atoms with Gasteiger partial charge in [0.25, 0.3) is 5.91 Å². The molecule has 1 aromatic rings. The smallest absolute Gasteiger partial charge is 0.327 e. The van der Waals surface area contributed by atoms with Gasteiger partial charge in [0.15, 0.2) is 0 Å². The maximum absolute atomic E-state index is 12.5. The Bertz CT molecular complexity index is 659. The first-order valence-electron chi connectivity index (χ1n) is 9.31. The van der Waals surface area contributed by atoms with Crippen LogP contribution in [0.15, 0.2) is 24.3 Å². The van der Waals surface area contributed by atoms with Gasteiger partial charge >= 0.3 is 6.03 Å². The average Bonchev–Trinajstić information content (AvgIpc) is 2.85. The van der Waals surface area contributed by atoms with Crippen LogP contribution in [0.3, 0.4) is 0 Å². The van der Waals surface area contributed by atoms with Crippen molar-refractivity contribution in [2.24, 2.45) is 0 Å². The molecule has 1 aromatic carbocycles. The largest absolute Gasteiger partial charge is 0.491 e. The van der Waals surface area contributed by atoms with E-state index in [1.807, 2.05) is 24.3 Å². The van der Waals surface area contributed by atoms with Gasteiger partial charge in [0, 0.05) is 6.54 Å². The zero-order chi connectivity index (χ0) is 18.9. The molecule has 26 heavy (non-hydrogen) atoms. The van der Waals surface area contributed by atoms with Crippen LogP contribution in [0.1, 0.15) is 45.6 Å². The van der Waals surface area contributed by atoms with Crippen LogP contribution in [0.2, 0.25) is 0 Å². The van der Waals surface area contributed by atoms with Crippen molar-refractivity contribution < 1.29 is 19.4 Å². The Morgan fingerprint density at radius 3 is 2.65 bits per heavy atom. The quantitative estimate of drug-likeness (QED) is 0.819. The molecule has 2 aliphatic heterocycles. The fraction of sp³-hybridized carbons (Fsp3) is 0.600. The summed E-state index contributed by atoms with van der Waals surface area (Å²) < 4.78 is 5.81. The zero-order valence-corrected chi connectivity index (χ0v) is 15.8. The van der Waals surface area contributed by atoms with Crippen LogP contribution in [0.5, 0.6) is 5.75 Å². The lowest BCUT2D eigenvalue weighted by molar-refractivity contribution is -0.129. The first-order chi connectivity index (χ1) is 12.3. The summed E-state index contributed by atoms with van der Waals surface area (Å²) in [4.78, 5) is 27.7. The Labute approximate surface area is 154 Å². The van der Waals surface area contributed by atoms with Crippen molar-refractivity contribution in [2.75, 3.05) is 19.7 Å². The van der Waals surface area contributed by atoms with Crippen LogP contribution in [-0.4, -0.2) is 58.7 Å². The maximum atomic E-state index is 12.5. The van der Waals surface area contributed by atoms with Gasteiger partial charge in [-0.25, -0.2) is 4.79 Å². The molecular weight excluding hydrogens is 332 g/mol. The number of benzene rings is 1. The number of urea groups is 1. The third-order valence-corrected chi connectivity index (χ3v) is 5.05. The third kappa shape index (κ3) is 3.70. The molecule has 2 heterocycles. The Morgan fingerprint density at radius 2 is 1.96 bits per heavy atom. The van der Waals surface area contributed by atoms with E-state index in [2.05, 4.69) is 20.8 Å². The van der Waals surface area contributed by atoms with Crippen LogP contribution >= 0.6 is 0 Å². The van der Waals surface area contributed by atoms with Gasteiger partial charge in [-0.05, 0) is 36.3 Å². The molecule has 2 fully saturated rings. The Hall–Kier alpha value is -2.08. The molecule has 3 rings (SSSR count). The Morgan fingerprint density at radius 1 is 1.23 bits per heavy atom. The minimum atomic E-state index is -0.919. The number of hydrogen-bond acceptors (Lipinski definition) is 4. The van der Waals surface area contributed by atoms with Gasteiger partial charge in [0.05, 0.1) is 6.54 Å². The number of hydrogen-bond donors (Lipinski definition) is 1. The van der Waals surface area contributed by atoms with Gasteiger partial charge in [-0.1, -0.05) is 39.0 Å². The van der Waals surface area contributed by atoms with E-state index in [4.69, 9.17) is 4.74 Å². The van der Waals surface area contributed by atoms with Crippen molar-refractivity contribution in [3.8, 4) is 5.75 Å². The van der Waals surface area contributed by atoms with E-state index in [1.165, 1.54) is 4.90 Å². The van der Waals surface area contributed by atoms with Crippen LogP contribution < -0.4 is 4.74 Å². The Balaban J connectivity index is 1.61. The first-order valence-corrected chi connectivity index (χ1v) is 9.31. The van der Waals surface area contributed by atoms with Gasteiger partial charge in [-0.3, -0.25) is 9.69 Å². The SMILES string of the molecule is CC(C)(C)c1ccccc1OCC(O)CN1C(=O)C2CCCCN2C1=O. The number of β-amino-alcohol motifs (C(OH)–C–C–N with tert-alkyl or cyclic N) is 1. The molecule has 2 unspecified atom stereocenters. The highest BCUT2D eigenvalue weighted by molar-refractivity contribution is 6.04. The Kier molecular flexibility index (Phi) is 5.23. The van der Waals surface area contributed by atoms with Gasteiger partial charge in [-0.15, -0.1) is 0 Å². The molecule has 0 bridgehead atoms. The lowest BCUT2D eigenvalue weighted by atomic mass is 9.86. The summed E-state index contributed by atoms with van der Waals surface area (Å²) in [5, 5.41) is 10.3. The maximum Gasteiger partial charge on any atom is 0.327 e. The predicted molar refractivity (Wildman–Crippen MR) is 98.1 cm³/mol. The number of carbonyl (C=O) groups excluding carboxylic acids is 2. The number of aliphatic hydroxyl groups is 1. The van der Waals surface area contributed by atoms with Crippen molar-refractivity contribution >= 4 is 11.9 Å². The minimum absolute atomic E-state index is 0.0254. The lowest BCUT2D eigenvalue weighted by Gasteiger charge is -2.26. The number of piperidine rings is 1. The third-order valence-electron chi connectivity index (χ3n) is 5.05. The number of para-hydroxylation sites is 1. The molecule has 0 spiro atoms. The van der Waals surface area contributed by atoms with Crippen molar-refractivity contribution in [1.82, 2.24) is 9.80 Å². The summed E-state index contributed by atoms with van der Waals surface area (Å²) in [6.45, 7) is 6.94. The number of amides is 3. The van der Waals surface area contributed by atoms with Crippen LogP contribution in [-0.2, 0) is 10.2 Å². The van der Waals surface area contributed by atoms with Crippen molar-refractivity contribution in [3.63, 3.8) is 0 Å². The number of aliphatic hydroxyl groups excluding tert-OH is 1.